The number of nitrogens with zero attached hydrogens (tertiary/aromatic N) is 3. The number of anilines is 1. The van der Waals surface area contributed by atoms with E-state index in [9.17, 15) is 14.4 Å². The average Bonchev–Trinajstić information content (AvgIpc) is 2.93. The average molecular weight is 422 g/mol. The minimum Gasteiger partial charge on any atom is -0.340 e. The second-order valence-electron chi connectivity index (χ2n) is 7.89. The summed E-state index contributed by atoms with van der Waals surface area (Å²) in [6.07, 6.45) is 3.21. The van der Waals surface area contributed by atoms with E-state index in [0.717, 1.165) is 31.7 Å². The Kier molecular flexibility index (Phi) is 6.57. The molecule has 0 spiro atoms. The number of nitrogens with one attached hydrogen (secondary N) is 2. The van der Waals surface area contributed by atoms with E-state index in [1.165, 1.54) is 0 Å². The number of piperazine rings is 1. The van der Waals surface area contributed by atoms with E-state index >= 15 is 0 Å². The molecule has 1 aromatic carbocycles. The molecule has 2 aromatic rings. The molecule has 8 heteroatoms. The third-order valence-corrected chi connectivity index (χ3v) is 5.83. The van der Waals surface area contributed by atoms with Crippen LogP contribution in [0.4, 0.5) is 5.69 Å². The molecule has 0 aliphatic carbocycles. The fourth-order valence-corrected chi connectivity index (χ4v) is 3.98. The summed E-state index contributed by atoms with van der Waals surface area (Å²) in [5.41, 5.74) is 2.01. The van der Waals surface area contributed by atoms with Crippen molar-refractivity contribution in [2.75, 3.05) is 38.0 Å². The summed E-state index contributed by atoms with van der Waals surface area (Å²) in [5.74, 6) is -0.563. The van der Waals surface area contributed by atoms with Gasteiger partial charge < -0.3 is 15.5 Å². The molecule has 1 fully saturated rings. The Morgan fingerprint density at radius 2 is 1.81 bits per heavy atom. The Labute approximate surface area is 181 Å². The maximum absolute atomic E-state index is 12.7. The van der Waals surface area contributed by atoms with Crippen LogP contribution in [0.25, 0.3) is 0 Å². The highest BCUT2D eigenvalue weighted by Gasteiger charge is 2.29. The highest BCUT2D eigenvalue weighted by atomic mass is 16.2. The SMILES string of the molecule is O=C1N[C@H](CCC(=O)N2CCN(CCc3ccccn3)CC2)C(=O)Nc2ccccc21. The minimum atomic E-state index is -0.719. The number of pyridine rings is 1. The van der Waals surface area contributed by atoms with E-state index < -0.39 is 6.04 Å². The highest BCUT2D eigenvalue weighted by molar-refractivity contribution is 6.09. The summed E-state index contributed by atoms with van der Waals surface area (Å²) in [6.45, 7) is 3.93. The van der Waals surface area contributed by atoms with Crippen LogP contribution in [0.2, 0.25) is 0 Å². The predicted octanol–water partition coefficient (Wildman–Crippen LogP) is 1.30. The standard InChI is InChI=1S/C23H27N5O3/c29-21(28-15-13-27(14-16-28)12-10-17-5-3-4-11-24-17)9-8-20-23(31)25-19-7-2-1-6-18(19)22(30)26-20/h1-7,11,20H,8-10,12-16H2,(H,25,31)(H,26,30)/t20-/m1/s1. The van der Waals surface area contributed by atoms with Crippen molar-refractivity contribution in [2.24, 2.45) is 0 Å². The molecule has 0 radical (unpaired) electrons. The van der Waals surface area contributed by atoms with Crippen LogP contribution in [0.3, 0.4) is 0 Å². The summed E-state index contributed by atoms with van der Waals surface area (Å²) < 4.78 is 0. The fourth-order valence-electron chi connectivity index (χ4n) is 3.98. The van der Waals surface area contributed by atoms with Crippen LogP contribution in [0.5, 0.6) is 0 Å². The molecule has 1 saturated heterocycles. The number of rotatable bonds is 6. The molecule has 8 nitrogen and oxygen atoms in total. The topological polar surface area (TPSA) is 94.6 Å². The Morgan fingerprint density at radius 1 is 1.03 bits per heavy atom. The van der Waals surface area contributed by atoms with E-state index in [4.69, 9.17) is 0 Å². The molecule has 3 amide bonds. The van der Waals surface area contributed by atoms with Gasteiger partial charge in [-0.25, -0.2) is 0 Å². The maximum Gasteiger partial charge on any atom is 0.254 e. The summed E-state index contributed by atoms with van der Waals surface area (Å²) >= 11 is 0. The summed E-state index contributed by atoms with van der Waals surface area (Å²) in [4.78, 5) is 46.1. The van der Waals surface area contributed by atoms with Crippen molar-refractivity contribution in [3.63, 3.8) is 0 Å². The lowest BCUT2D eigenvalue weighted by molar-refractivity contribution is -0.133. The number of carbonyl (C=O) groups is 3. The minimum absolute atomic E-state index is 0.0215. The highest BCUT2D eigenvalue weighted by Crippen LogP contribution is 2.19. The van der Waals surface area contributed by atoms with Gasteiger partial charge >= 0.3 is 0 Å². The van der Waals surface area contributed by atoms with Crippen molar-refractivity contribution in [3.8, 4) is 0 Å². The fraction of sp³-hybridized carbons (Fsp3) is 0.391. The number of benzene rings is 1. The van der Waals surface area contributed by atoms with Crippen LogP contribution in [0.15, 0.2) is 48.7 Å². The van der Waals surface area contributed by atoms with Crippen LogP contribution in [-0.4, -0.2) is 71.3 Å². The molecular weight excluding hydrogens is 394 g/mol. The Hall–Kier alpha value is -3.26. The summed E-state index contributed by atoms with van der Waals surface area (Å²) in [5, 5.41) is 5.53. The molecular formula is C23H27N5O3. The van der Waals surface area contributed by atoms with E-state index in [1.54, 1.807) is 24.3 Å². The van der Waals surface area contributed by atoms with Crippen molar-refractivity contribution in [2.45, 2.75) is 25.3 Å². The predicted molar refractivity (Wildman–Crippen MR) is 117 cm³/mol. The zero-order valence-electron chi connectivity index (χ0n) is 17.4. The van der Waals surface area contributed by atoms with Crippen LogP contribution < -0.4 is 10.6 Å². The van der Waals surface area contributed by atoms with Gasteiger partial charge in [-0.1, -0.05) is 18.2 Å². The molecule has 0 unspecified atom stereocenters. The first-order valence-electron chi connectivity index (χ1n) is 10.7. The van der Waals surface area contributed by atoms with Crippen molar-refractivity contribution < 1.29 is 14.4 Å². The lowest BCUT2D eigenvalue weighted by Gasteiger charge is -2.35. The summed E-state index contributed by atoms with van der Waals surface area (Å²) in [6, 6.07) is 12.1. The van der Waals surface area contributed by atoms with E-state index in [-0.39, 0.29) is 30.6 Å². The number of aromatic nitrogens is 1. The second kappa shape index (κ2) is 9.70. The van der Waals surface area contributed by atoms with Gasteiger partial charge in [-0.15, -0.1) is 0 Å². The van der Waals surface area contributed by atoms with Gasteiger partial charge in [0.15, 0.2) is 0 Å². The molecule has 2 aliphatic heterocycles. The van der Waals surface area contributed by atoms with Crippen LogP contribution in [0, 0.1) is 0 Å². The van der Waals surface area contributed by atoms with Crippen LogP contribution in [0.1, 0.15) is 28.9 Å². The van der Waals surface area contributed by atoms with Gasteiger partial charge in [0.25, 0.3) is 5.91 Å². The van der Waals surface area contributed by atoms with Crippen molar-refractivity contribution in [1.29, 1.82) is 0 Å². The number of hydrogen-bond acceptors (Lipinski definition) is 5. The molecule has 31 heavy (non-hydrogen) atoms. The normalized spacial score (nSPS) is 19.2. The van der Waals surface area contributed by atoms with E-state index in [0.29, 0.717) is 24.3 Å². The molecule has 4 rings (SSSR count). The van der Waals surface area contributed by atoms with Crippen molar-refractivity contribution in [1.82, 2.24) is 20.1 Å². The van der Waals surface area contributed by atoms with Crippen molar-refractivity contribution in [3.05, 3.63) is 59.9 Å². The van der Waals surface area contributed by atoms with Gasteiger partial charge in [-0.3, -0.25) is 24.3 Å². The first-order chi connectivity index (χ1) is 15.1. The van der Waals surface area contributed by atoms with Gasteiger partial charge in [-0.05, 0) is 30.7 Å². The summed E-state index contributed by atoms with van der Waals surface area (Å²) in [7, 11) is 0. The maximum atomic E-state index is 12.7. The lowest BCUT2D eigenvalue weighted by atomic mass is 10.1. The molecule has 1 aromatic heterocycles. The van der Waals surface area contributed by atoms with Crippen LogP contribution >= 0.6 is 0 Å². The third-order valence-electron chi connectivity index (χ3n) is 5.83. The number of amides is 3. The smallest absolute Gasteiger partial charge is 0.254 e. The largest absolute Gasteiger partial charge is 0.340 e. The van der Waals surface area contributed by atoms with E-state index in [1.807, 2.05) is 29.3 Å². The Bertz CT molecular complexity index is 941. The van der Waals surface area contributed by atoms with Gasteiger partial charge in [0.05, 0.1) is 11.3 Å². The van der Waals surface area contributed by atoms with Crippen LogP contribution in [-0.2, 0) is 16.0 Å². The van der Waals surface area contributed by atoms with E-state index in [2.05, 4.69) is 20.5 Å². The number of hydrogen-bond donors (Lipinski definition) is 2. The van der Waals surface area contributed by atoms with Crippen molar-refractivity contribution >= 4 is 23.4 Å². The van der Waals surface area contributed by atoms with Gasteiger partial charge in [0, 0.05) is 57.5 Å². The second-order valence-corrected chi connectivity index (χ2v) is 7.89. The molecule has 2 N–H and O–H groups in total. The van der Waals surface area contributed by atoms with Gasteiger partial charge in [-0.2, -0.15) is 0 Å². The monoisotopic (exact) mass is 421 g/mol. The zero-order chi connectivity index (χ0) is 21.6. The molecule has 1 atom stereocenters. The molecule has 0 saturated carbocycles. The van der Waals surface area contributed by atoms with Gasteiger partial charge in [0.1, 0.15) is 6.04 Å². The number of para-hydroxylation sites is 1. The first kappa shape index (κ1) is 21.0. The number of carbonyl (C=O) groups excluding carboxylic acids is 3. The quantitative estimate of drug-likeness (QED) is 0.733. The molecule has 2 aliphatic rings. The zero-order valence-corrected chi connectivity index (χ0v) is 17.4. The van der Waals surface area contributed by atoms with Gasteiger partial charge in [0.2, 0.25) is 11.8 Å². The Morgan fingerprint density at radius 3 is 2.58 bits per heavy atom. The molecule has 3 heterocycles. The molecule has 0 bridgehead atoms. The third kappa shape index (κ3) is 5.27. The molecule has 162 valence electrons. The number of fused-ring (bicyclic) bond motifs is 1. The lowest BCUT2D eigenvalue weighted by Crippen LogP contribution is -2.49. The Balaban J connectivity index is 1.22. The first-order valence-corrected chi connectivity index (χ1v) is 10.7.